The number of carbonyl (C=O) groups is 3. The van der Waals surface area contributed by atoms with Crippen LogP contribution in [0.5, 0.6) is 0 Å². The molecule has 0 heterocycles. The highest BCUT2D eigenvalue weighted by Gasteiger charge is 2.70. The van der Waals surface area contributed by atoms with Crippen molar-refractivity contribution >= 4 is 34.8 Å². The molecule has 36 heavy (non-hydrogen) atoms. The molecule has 7 nitrogen and oxygen atoms in total. The van der Waals surface area contributed by atoms with Gasteiger partial charge in [0, 0.05) is 30.3 Å². The summed E-state index contributed by atoms with van der Waals surface area (Å²) in [5.41, 5.74) is -1.29. The number of fused-ring (bicyclic) bond motifs is 5. The molecule has 3 fully saturated rings. The van der Waals surface area contributed by atoms with Crippen LogP contribution in [0, 0.1) is 34.5 Å². The van der Waals surface area contributed by atoms with Crippen LogP contribution in [0.2, 0.25) is 0 Å². The number of ether oxygens (including phenoxy) is 3. The van der Waals surface area contributed by atoms with Gasteiger partial charge in [-0.2, -0.15) is 0 Å². The summed E-state index contributed by atoms with van der Waals surface area (Å²) in [5.74, 6) is -0.581. The van der Waals surface area contributed by atoms with Crippen molar-refractivity contribution in [2.24, 2.45) is 34.5 Å². The van der Waals surface area contributed by atoms with E-state index in [9.17, 15) is 19.5 Å². The van der Waals surface area contributed by atoms with Gasteiger partial charge < -0.3 is 19.3 Å². The summed E-state index contributed by atoms with van der Waals surface area (Å²) in [4.78, 5) is 37.9. The van der Waals surface area contributed by atoms with Crippen molar-refractivity contribution in [3.8, 4) is 0 Å². The van der Waals surface area contributed by atoms with Crippen LogP contribution in [-0.4, -0.2) is 59.7 Å². The number of methoxy groups -OCH3 is 1. The average Bonchev–Trinajstić information content (AvgIpc) is 3.11. The molecular weight excluding hydrogens is 480 g/mol. The third-order valence-electron chi connectivity index (χ3n) is 9.59. The van der Waals surface area contributed by atoms with Crippen LogP contribution < -0.4 is 0 Å². The first-order valence-corrected chi connectivity index (χ1v) is 13.4. The number of ketones is 2. The Balaban J connectivity index is 1.71. The van der Waals surface area contributed by atoms with Gasteiger partial charge in [0.2, 0.25) is 5.78 Å². The predicted molar refractivity (Wildman–Crippen MR) is 137 cm³/mol. The van der Waals surface area contributed by atoms with E-state index in [-0.39, 0.29) is 41.8 Å². The zero-order valence-electron chi connectivity index (χ0n) is 21.9. The Morgan fingerprint density at radius 2 is 1.97 bits per heavy atom. The average molecular weight is 519 g/mol. The van der Waals surface area contributed by atoms with E-state index in [0.29, 0.717) is 24.3 Å². The van der Waals surface area contributed by atoms with E-state index in [0.717, 1.165) is 18.4 Å². The number of hydrogen-bond donors (Lipinski definition) is 1. The molecule has 0 radical (unpaired) electrons. The topological polar surface area (TPSA) is 99.1 Å². The lowest BCUT2D eigenvalue weighted by molar-refractivity contribution is -0.179. The van der Waals surface area contributed by atoms with E-state index in [1.165, 1.54) is 7.11 Å². The molecule has 0 aromatic carbocycles. The third kappa shape index (κ3) is 4.09. The van der Waals surface area contributed by atoms with E-state index in [4.69, 9.17) is 26.4 Å². The van der Waals surface area contributed by atoms with Crippen LogP contribution in [0.1, 0.15) is 59.8 Å². The molecule has 1 N–H and O–H groups in total. The smallest absolute Gasteiger partial charge is 0.332 e. The third-order valence-corrected chi connectivity index (χ3v) is 9.96. The van der Waals surface area contributed by atoms with Gasteiger partial charge in [0.1, 0.15) is 6.61 Å². The standard InChI is InChI=1S/C28H38O7S/c1-6-24(36)35-28(22(31)14-34-23(32)15-33-5)10-8-19-18-11-16(2)20-12-17(29)7-9-26(20,3)25(18)21(30)13-27(19,28)4/h7,9,12,16,18-19,21,25,30H,6,8,10-11,13-15H2,1-5H3/t16-,18-,19-,21-,25+,26-,27-,28-/m0/s1. The summed E-state index contributed by atoms with van der Waals surface area (Å²) in [6.45, 7) is 7.54. The van der Waals surface area contributed by atoms with Gasteiger partial charge in [-0.05, 0) is 67.8 Å². The van der Waals surface area contributed by atoms with Crippen LogP contribution >= 0.6 is 12.2 Å². The molecule has 198 valence electrons. The minimum atomic E-state index is -1.28. The number of rotatable bonds is 7. The lowest BCUT2D eigenvalue weighted by atomic mass is 9.44. The lowest BCUT2D eigenvalue weighted by Gasteiger charge is -2.61. The largest absolute Gasteiger partial charge is 0.472 e. The molecule has 4 rings (SSSR count). The van der Waals surface area contributed by atoms with Crippen LogP contribution in [0.4, 0.5) is 0 Å². The second-order valence-corrected chi connectivity index (χ2v) is 11.9. The van der Waals surface area contributed by atoms with Crippen molar-refractivity contribution in [2.75, 3.05) is 20.3 Å². The van der Waals surface area contributed by atoms with Crippen LogP contribution in [-0.2, 0) is 28.6 Å². The molecule has 0 spiro atoms. The summed E-state index contributed by atoms with van der Waals surface area (Å²) < 4.78 is 16.4. The number of carbonyl (C=O) groups excluding carboxylic acids is 3. The van der Waals surface area contributed by atoms with Gasteiger partial charge in [-0.25, -0.2) is 4.79 Å². The van der Waals surface area contributed by atoms with Crippen molar-refractivity contribution in [1.82, 2.24) is 0 Å². The molecule has 0 aromatic heterocycles. The molecule has 3 saturated carbocycles. The van der Waals surface area contributed by atoms with E-state index in [2.05, 4.69) is 13.8 Å². The highest BCUT2D eigenvalue weighted by molar-refractivity contribution is 7.80. The number of allylic oxidation sites excluding steroid dienone is 4. The van der Waals surface area contributed by atoms with E-state index in [1.54, 1.807) is 12.2 Å². The molecule has 8 heteroatoms. The van der Waals surface area contributed by atoms with Gasteiger partial charge in [-0.15, -0.1) is 0 Å². The van der Waals surface area contributed by atoms with Gasteiger partial charge in [-0.3, -0.25) is 9.59 Å². The molecule has 0 unspecified atom stereocenters. The molecular formula is C28H38O7S. The van der Waals surface area contributed by atoms with Crippen molar-refractivity contribution in [3.63, 3.8) is 0 Å². The van der Waals surface area contributed by atoms with Crippen molar-refractivity contribution in [3.05, 3.63) is 23.8 Å². The molecule has 0 amide bonds. The van der Waals surface area contributed by atoms with Gasteiger partial charge in [-0.1, -0.05) is 39.3 Å². The Hall–Kier alpha value is -1.90. The molecule has 0 saturated heterocycles. The number of thiocarbonyl (C=S) groups is 1. The highest BCUT2D eigenvalue weighted by Crippen LogP contribution is 2.68. The highest BCUT2D eigenvalue weighted by atomic mass is 32.1. The summed E-state index contributed by atoms with van der Waals surface area (Å²) in [7, 11) is 1.39. The van der Waals surface area contributed by atoms with Crippen molar-refractivity contribution < 1.29 is 33.7 Å². The number of aliphatic hydroxyl groups excluding tert-OH is 1. The second kappa shape index (κ2) is 9.76. The van der Waals surface area contributed by atoms with E-state index in [1.807, 2.05) is 19.9 Å². The Morgan fingerprint density at radius 1 is 1.25 bits per heavy atom. The monoisotopic (exact) mass is 518 g/mol. The van der Waals surface area contributed by atoms with Crippen LogP contribution in [0.3, 0.4) is 0 Å². The summed E-state index contributed by atoms with van der Waals surface area (Å²) in [6, 6.07) is 0. The van der Waals surface area contributed by atoms with Crippen molar-refractivity contribution in [2.45, 2.75) is 71.5 Å². The number of aliphatic hydroxyl groups is 1. The lowest BCUT2D eigenvalue weighted by Crippen LogP contribution is -2.63. The second-order valence-electron chi connectivity index (χ2n) is 11.5. The maximum atomic E-state index is 13.8. The Bertz CT molecular complexity index is 1020. The van der Waals surface area contributed by atoms with E-state index >= 15 is 0 Å². The van der Waals surface area contributed by atoms with Crippen molar-refractivity contribution in [1.29, 1.82) is 0 Å². The fourth-order valence-corrected chi connectivity index (χ4v) is 8.25. The van der Waals surface area contributed by atoms with Gasteiger partial charge >= 0.3 is 5.97 Å². The zero-order valence-corrected chi connectivity index (χ0v) is 22.7. The fourth-order valence-electron chi connectivity index (χ4n) is 8.11. The zero-order chi connectivity index (χ0) is 26.5. The SMILES string of the molecule is CCC(=S)O[C@]1(C(=O)COC(=O)COC)CC[C@H]2[C@@H]3C[C@H](C)C4=CC(=O)C=C[C@]4(C)[C@H]3[C@@H](O)C[C@@]21C. The Morgan fingerprint density at radius 3 is 2.64 bits per heavy atom. The molecule has 4 aliphatic carbocycles. The number of Topliss-reactive ketones (excluding diaryl/α,β-unsaturated/α-hetero) is 1. The fraction of sp³-hybridized carbons (Fsp3) is 0.714. The summed E-state index contributed by atoms with van der Waals surface area (Å²) in [5, 5.41) is 12.1. The molecule has 0 aliphatic heterocycles. The van der Waals surface area contributed by atoms with Gasteiger partial charge in [0.15, 0.2) is 23.0 Å². The van der Waals surface area contributed by atoms with Gasteiger partial charge in [0.05, 0.1) is 6.10 Å². The quantitative estimate of drug-likeness (QED) is 0.402. The summed E-state index contributed by atoms with van der Waals surface area (Å²) >= 11 is 5.46. The Labute approximate surface area is 218 Å². The maximum Gasteiger partial charge on any atom is 0.332 e. The minimum Gasteiger partial charge on any atom is -0.472 e. The first-order valence-electron chi connectivity index (χ1n) is 13.0. The normalized spacial score (nSPS) is 41.0. The minimum absolute atomic E-state index is 0.00195. The van der Waals surface area contributed by atoms with E-state index < -0.39 is 35.1 Å². The Kier molecular flexibility index (Phi) is 7.36. The molecule has 0 bridgehead atoms. The summed E-state index contributed by atoms with van der Waals surface area (Å²) in [6.07, 6.45) is 7.53. The first-order chi connectivity index (χ1) is 16.9. The molecule has 8 atom stereocenters. The first kappa shape index (κ1) is 27.1. The van der Waals surface area contributed by atoms with Gasteiger partial charge in [0.25, 0.3) is 0 Å². The maximum absolute atomic E-state index is 13.8. The van der Waals surface area contributed by atoms with Crippen LogP contribution in [0.25, 0.3) is 0 Å². The molecule has 4 aliphatic rings. The number of hydrogen-bond acceptors (Lipinski definition) is 8. The number of esters is 1. The molecule has 0 aromatic rings. The predicted octanol–water partition coefficient (Wildman–Crippen LogP) is 3.76. The van der Waals surface area contributed by atoms with Crippen LogP contribution in [0.15, 0.2) is 23.8 Å².